The van der Waals surface area contributed by atoms with Crippen LogP contribution in [0.4, 0.5) is 11.4 Å². The van der Waals surface area contributed by atoms with Gasteiger partial charge in [0.2, 0.25) is 0 Å². The fourth-order valence-electron chi connectivity index (χ4n) is 1.50. The van der Waals surface area contributed by atoms with Gasteiger partial charge in [-0.25, -0.2) is 4.79 Å². The molecule has 0 atom stereocenters. The van der Waals surface area contributed by atoms with Crippen molar-refractivity contribution < 1.29 is 14.3 Å². The maximum absolute atomic E-state index is 11.5. The largest absolute Gasteiger partial charge is 0.465 e. The maximum atomic E-state index is 11.5. The average molecular weight is 252 g/mol. The van der Waals surface area contributed by atoms with Crippen LogP contribution >= 0.6 is 0 Å². The summed E-state index contributed by atoms with van der Waals surface area (Å²) in [4.78, 5) is 11.5. The first-order chi connectivity index (χ1) is 8.69. The van der Waals surface area contributed by atoms with E-state index in [2.05, 4.69) is 10.1 Å². The minimum atomic E-state index is -0.425. The Morgan fingerprint density at radius 2 is 2.22 bits per heavy atom. The molecule has 5 heteroatoms. The Kier molecular flexibility index (Phi) is 6.00. The third kappa shape index (κ3) is 4.25. The highest BCUT2D eigenvalue weighted by molar-refractivity contribution is 5.96. The fourth-order valence-corrected chi connectivity index (χ4v) is 1.50. The number of nitrogens with one attached hydrogen (secondary N) is 1. The van der Waals surface area contributed by atoms with Gasteiger partial charge in [0, 0.05) is 31.1 Å². The molecule has 0 aliphatic carbocycles. The molecule has 0 amide bonds. The van der Waals surface area contributed by atoms with Crippen molar-refractivity contribution >= 4 is 17.3 Å². The summed E-state index contributed by atoms with van der Waals surface area (Å²) in [6.07, 6.45) is 0.909. The van der Waals surface area contributed by atoms with E-state index in [1.165, 1.54) is 7.11 Å². The number of benzene rings is 1. The number of esters is 1. The lowest BCUT2D eigenvalue weighted by Gasteiger charge is -2.09. The zero-order chi connectivity index (χ0) is 13.4. The van der Waals surface area contributed by atoms with E-state index in [4.69, 9.17) is 10.5 Å². The van der Waals surface area contributed by atoms with E-state index < -0.39 is 5.97 Å². The number of methoxy groups -OCH3 is 1. The quantitative estimate of drug-likeness (QED) is 0.440. The molecule has 3 N–H and O–H groups in total. The summed E-state index contributed by atoms with van der Waals surface area (Å²) in [5.41, 5.74) is 7.36. The first kappa shape index (κ1) is 14.3. The second-order valence-corrected chi connectivity index (χ2v) is 3.77. The van der Waals surface area contributed by atoms with Crippen LogP contribution < -0.4 is 11.1 Å². The number of carbonyl (C=O) groups is 1. The van der Waals surface area contributed by atoms with Crippen molar-refractivity contribution in [2.24, 2.45) is 0 Å². The van der Waals surface area contributed by atoms with E-state index >= 15 is 0 Å². The fraction of sp³-hybridized carbons (Fsp3) is 0.462. The topological polar surface area (TPSA) is 73.6 Å². The molecule has 0 aliphatic heterocycles. The number of carbonyl (C=O) groups excluding carboxylic acids is 1. The van der Waals surface area contributed by atoms with Crippen molar-refractivity contribution in [3.63, 3.8) is 0 Å². The molecular formula is C13H20N2O3. The molecule has 5 nitrogen and oxygen atoms in total. The van der Waals surface area contributed by atoms with Crippen LogP contribution in [0, 0.1) is 0 Å². The number of rotatable bonds is 7. The van der Waals surface area contributed by atoms with Crippen LogP contribution in [-0.2, 0) is 9.47 Å². The van der Waals surface area contributed by atoms with Crippen molar-refractivity contribution in [2.45, 2.75) is 13.3 Å². The highest BCUT2D eigenvalue weighted by atomic mass is 16.5. The van der Waals surface area contributed by atoms with E-state index in [0.29, 0.717) is 11.3 Å². The Balaban J connectivity index is 2.54. The molecule has 18 heavy (non-hydrogen) atoms. The number of hydrogen-bond donors (Lipinski definition) is 2. The van der Waals surface area contributed by atoms with Gasteiger partial charge >= 0.3 is 5.97 Å². The van der Waals surface area contributed by atoms with Gasteiger partial charge in [-0.1, -0.05) is 0 Å². The number of ether oxygens (including phenoxy) is 2. The highest BCUT2D eigenvalue weighted by Crippen LogP contribution is 2.18. The summed E-state index contributed by atoms with van der Waals surface area (Å²) >= 11 is 0. The minimum absolute atomic E-state index is 0.382. The van der Waals surface area contributed by atoms with Crippen molar-refractivity contribution in [1.29, 1.82) is 0 Å². The molecule has 0 unspecified atom stereocenters. The van der Waals surface area contributed by atoms with Crippen LogP contribution in [0.25, 0.3) is 0 Å². The van der Waals surface area contributed by atoms with E-state index in [-0.39, 0.29) is 0 Å². The Hall–Kier alpha value is -1.75. The lowest BCUT2D eigenvalue weighted by atomic mass is 10.1. The van der Waals surface area contributed by atoms with Gasteiger partial charge in [-0.15, -0.1) is 0 Å². The zero-order valence-corrected chi connectivity index (χ0v) is 10.9. The molecule has 0 bridgehead atoms. The molecule has 1 rings (SSSR count). The van der Waals surface area contributed by atoms with Gasteiger partial charge in [-0.3, -0.25) is 0 Å². The van der Waals surface area contributed by atoms with E-state index in [1.807, 2.05) is 13.0 Å². The first-order valence-electron chi connectivity index (χ1n) is 5.98. The summed E-state index contributed by atoms with van der Waals surface area (Å²) < 4.78 is 9.90. The Labute approximate surface area is 107 Å². The molecule has 0 saturated carbocycles. The molecule has 0 radical (unpaired) electrons. The highest BCUT2D eigenvalue weighted by Gasteiger charge is 2.10. The van der Waals surface area contributed by atoms with Gasteiger partial charge in [-0.2, -0.15) is 0 Å². The summed E-state index contributed by atoms with van der Waals surface area (Å²) in [5, 5.41) is 3.21. The van der Waals surface area contributed by atoms with E-state index in [9.17, 15) is 4.79 Å². The smallest absolute Gasteiger partial charge is 0.340 e. The van der Waals surface area contributed by atoms with Crippen LogP contribution in [-0.4, -0.2) is 32.8 Å². The van der Waals surface area contributed by atoms with E-state index in [1.54, 1.807) is 12.1 Å². The molecule has 0 aromatic heterocycles. The number of nitrogen functional groups attached to an aromatic ring is 1. The third-order valence-electron chi connectivity index (χ3n) is 2.46. The lowest BCUT2D eigenvalue weighted by Crippen LogP contribution is -2.09. The third-order valence-corrected chi connectivity index (χ3v) is 2.46. The molecule has 0 fully saturated rings. The summed E-state index contributed by atoms with van der Waals surface area (Å²) in [7, 11) is 1.34. The summed E-state index contributed by atoms with van der Waals surface area (Å²) in [6.45, 7) is 4.21. The van der Waals surface area contributed by atoms with Crippen LogP contribution in [0.3, 0.4) is 0 Å². The molecule has 0 aliphatic rings. The van der Waals surface area contributed by atoms with Gasteiger partial charge in [0.15, 0.2) is 0 Å². The average Bonchev–Trinajstić information content (AvgIpc) is 2.39. The molecular weight excluding hydrogens is 232 g/mol. The zero-order valence-electron chi connectivity index (χ0n) is 10.9. The van der Waals surface area contributed by atoms with Crippen molar-refractivity contribution in [3.8, 4) is 0 Å². The Bertz CT molecular complexity index is 394. The standard InChI is InChI=1S/C13H20N2O3/c1-3-18-8-4-7-15-10-5-6-12(14)11(9-10)13(16)17-2/h5-6,9,15H,3-4,7-8,14H2,1-2H3. The number of hydrogen-bond acceptors (Lipinski definition) is 5. The van der Waals surface area contributed by atoms with Crippen LogP contribution in [0.5, 0.6) is 0 Å². The van der Waals surface area contributed by atoms with Crippen LogP contribution in [0.1, 0.15) is 23.7 Å². The lowest BCUT2D eigenvalue weighted by molar-refractivity contribution is 0.0602. The second-order valence-electron chi connectivity index (χ2n) is 3.77. The Morgan fingerprint density at radius 1 is 1.44 bits per heavy atom. The normalized spacial score (nSPS) is 10.1. The molecule has 0 heterocycles. The minimum Gasteiger partial charge on any atom is -0.465 e. The molecule has 0 saturated heterocycles. The van der Waals surface area contributed by atoms with Crippen LogP contribution in [0.2, 0.25) is 0 Å². The summed E-state index contributed by atoms with van der Waals surface area (Å²) in [5.74, 6) is -0.425. The predicted octanol–water partition coefficient (Wildman–Crippen LogP) is 1.89. The van der Waals surface area contributed by atoms with Crippen LogP contribution in [0.15, 0.2) is 18.2 Å². The number of nitrogens with two attached hydrogens (primary N) is 1. The van der Waals surface area contributed by atoms with Gasteiger partial charge in [0.1, 0.15) is 0 Å². The van der Waals surface area contributed by atoms with Gasteiger partial charge in [0.05, 0.1) is 12.7 Å². The van der Waals surface area contributed by atoms with Gasteiger partial charge < -0.3 is 20.5 Å². The maximum Gasteiger partial charge on any atom is 0.340 e. The first-order valence-corrected chi connectivity index (χ1v) is 5.98. The van der Waals surface area contributed by atoms with Crippen molar-refractivity contribution in [1.82, 2.24) is 0 Å². The number of anilines is 2. The molecule has 1 aromatic rings. The SMILES string of the molecule is CCOCCCNc1ccc(N)c(C(=O)OC)c1. The molecule has 100 valence electrons. The molecule has 0 spiro atoms. The van der Waals surface area contributed by atoms with E-state index in [0.717, 1.165) is 31.9 Å². The Morgan fingerprint density at radius 3 is 2.89 bits per heavy atom. The summed E-state index contributed by atoms with van der Waals surface area (Å²) in [6, 6.07) is 5.22. The monoisotopic (exact) mass is 252 g/mol. The predicted molar refractivity (Wildman–Crippen MR) is 71.8 cm³/mol. The van der Waals surface area contributed by atoms with Crippen molar-refractivity contribution in [2.75, 3.05) is 37.9 Å². The van der Waals surface area contributed by atoms with Gasteiger partial charge in [-0.05, 0) is 31.5 Å². The second kappa shape index (κ2) is 7.55. The van der Waals surface area contributed by atoms with Crippen molar-refractivity contribution in [3.05, 3.63) is 23.8 Å². The van der Waals surface area contributed by atoms with Gasteiger partial charge in [0.25, 0.3) is 0 Å². The molecule has 1 aromatic carbocycles.